The number of benzene rings is 1. The van der Waals surface area contributed by atoms with Gasteiger partial charge < -0.3 is 10.1 Å². The lowest BCUT2D eigenvalue weighted by Crippen LogP contribution is -2.36. The molecule has 0 aromatic heterocycles. The highest BCUT2D eigenvalue weighted by atomic mass is 35.5. The lowest BCUT2D eigenvalue weighted by molar-refractivity contribution is 0.251. The Bertz CT molecular complexity index is 321. The molecule has 1 aliphatic rings. The molecule has 0 amide bonds. The van der Waals surface area contributed by atoms with E-state index in [4.69, 9.17) is 16.3 Å². The van der Waals surface area contributed by atoms with Crippen LogP contribution in [0.5, 0.6) is 5.75 Å². The first-order valence-electron chi connectivity index (χ1n) is 5.91. The van der Waals surface area contributed by atoms with Crippen LogP contribution >= 0.6 is 11.6 Å². The van der Waals surface area contributed by atoms with Crippen molar-refractivity contribution < 1.29 is 4.74 Å². The molecule has 88 valence electrons. The Morgan fingerprint density at radius 1 is 1.38 bits per heavy atom. The van der Waals surface area contributed by atoms with Gasteiger partial charge in [-0.3, -0.25) is 0 Å². The van der Waals surface area contributed by atoms with Crippen molar-refractivity contribution in [2.75, 3.05) is 13.2 Å². The fourth-order valence-electron chi connectivity index (χ4n) is 1.84. The Morgan fingerprint density at radius 3 is 2.62 bits per heavy atom. The van der Waals surface area contributed by atoms with Crippen LogP contribution < -0.4 is 10.1 Å². The van der Waals surface area contributed by atoms with Gasteiger partial charge in [-0.15, -0.1) is 0 Å². The second-order valence-corrected chi connectivity index (χ2v) is 4.70. The molecule has 1 aromatic carbocycles. The summed E-state index contributed by atoms with van der Waals surface area (Å²) in [4.78, 5) is 0. The topological polar surface area (TPSA) is 21.3 Å². The zero-order chi connectivity index (χ0) is 11.4. The van der Waals surface area contributed by atoms with Crippen LogP contribution in [0.25, 0.3) is 0 Å². The van der Waals surface area contributed by atoms with Crippen molar-refractivity contribution in [3.8, 4) is 5.75 Å². The van der Waals surface area contributed by atoms with Crippen molar-refractivity contribution in [2.24, 2.45) is 5.92 Å². The van der Waals surface area contributed by atoms with E-state index in [1.807, 2.05) is 24.3 Å². The lowest BCUT2D eigenvalue weighted by Gasteiger charge is -2.17. The van der Waals surface area contributed by atoms with E-state index in [0.717, 1.165) is 29.8 Å². The van der Waals surface area contributed by atoms with E-state index >= 15 is 0 Å². The van der Waals surface area contributed by atoms with Gasteiger partial charge in [0.25, 0.3) is 0 Å². The van der Waals surface area contributed by atoms with Gasteiger partial charge in [0.1, 0.15) is 12.4 Å². The molecule has 3 heteroatoms. The van der Waals surface area contributed by atoms with Gasteiger partial charge in [0.2, 0.25) is 0 Å². The molecule has 0 saturated heterocycles. The summed E-state index contributed by atoms with van der Waals surface area (Å²) in [5.41, 5.74) is 0. The Labute approximate surface area is 102 Å². The third kappa shape index (κ3) is 3.39. The van der Waals surface area contributed by atoms with E-state index in [2.05, 4.69) is 12.2 Å². The number of ether oxygens (including phenoxy) is 1. The largest absolute Gasteiger partial charge is 0.492 e. The average Bonchev–Trinajstić information content (AvgIpc) is 3.10. The van der Waals surface area contributed by atoms with Crippen LogP contribution in [-0.4, -0.2) is 19.2 Å². The molecule has 2 nitrogen and oxygen atoms in total. The smallest absolute Gasteiger partial charge is 0.119 e. The fraction of sp³-hybridized carbons (Fsp3) is 0.538. The Morgan fingerprint density at radius 2 is 2.06 bits per heavy atom. The summed E-state index contributed by atoms with van der Waals surface area (Å²) in [6, 6.07) is 8.05. The van der Waals surface area contributed by atoms with Gasteiger partial charge in [-0.25, -0.2) is 0 Å². The fourth-order valence-corrected chi connectivity index (χ4v) is 1.97. The molecule has 0 spiro atoms. The van der Waals surface area contributed by atoms with Crippen LogP contribution in [0.3, 0.4) is 0 Å². The molecular formula is C13H18ClNO. The number of halogens is 1. The van der Waals surface area contributed by atoms with Crippen LogP contribution in [0.2, 0.25) is 5.02 Å². The third-order valence-electron chi connectivity index (χ3n) is 2.90. The number of rotatable bonds is 6. The van der Waals surface area contributed by atoms with E-state index < -0.39 is 0 Å². The van der Waals surface area contributed by atoms with Crippen molar-refractivity contribution in [1.82, 2.24) is 5.32 Å². The third-order valence-corrected chi connectivity index (χ3v) is 3.15. The molecule has 0 bridgehead atoms. The minimum Gasteiger partial charge on any atom is -0.492 e. The van der Waals surface area contributed by atoms with Gasteiger partial charge in [-0.05, 0) is 49.6 Å². The molecule has 1 fully saturated rings. The van der Waals surface area contributed by atoms with E-state index in [1.165, 1.54) is 12.8 Å². The number of nitrogens with one attached hydrogen (secondary N) is 1. The first kappa shape index (κ1) is 11.7. The first-order valence-corrected chi connectivity index (χ1v) is 6.29. The van der Waals surface area contributed by atoms with E-state index in [9.17, 15) is 0 Å². The second-order valence-electron chi connectivity index (χ2n) is 4.27. The summed E-state index contributed by atoms with van der Waals surface area (Å²) in [7, 11) is 0. The summed E-state index contributed by atoms with van der Waals surface area (Å²) in [5, 5.41) is 4.22. The normalized spacial score (nSPS) is 17.1. The molecule has 1 unspecified atom stereocenters. The molecule has 16 heavy (non-hydrogen) atoms. The predicted molar refractivity (Wildman–Crippen MR) is 67.1 cm³/mol. The van der Waals surface area contributed by atoms with Gasteiger partial charge in [0.05, 0.1) is 0 Å². The molecule has 1 aliphatic carbocycles. The van der Waals surface area contributed by atoms with E-state index in [1.54, 1.807) is 0 Å². The van der Waals surface area contributed by atoms with Crippen molar-refractivity contribution in [3.05, 3.63) is 29.3 Å². The Balaban J connectivity index is 1.82. The SMILES string of the molecule is CCNC(COc1ccc(Cl)cc1)C1CC1. The molecule has 1 saturated carbocycles. The average molecular weight is 240 g/mol. The molecular weight excluding hydrogens is 222 g/mol. The van der Waals surface area contributed by atoms with Gasteiger partial charge in [-0.2, -0.15) is 0 Å². The number of hydrogen-bond acceptors (Lipinski definition) is 2. The highest BCUT2D eigenvalue weighted by Gasteiger charge is 2.30. The molecule has 0 heterocycles. The maximum atomic E-state index is 5.82. The van der Waals surface area contributed by atoms with Gasteiger partial charge in [0, 0.05) is 11.1 Å². The van der Waals surface area contributed by atoms with Gasteiger partial charge >= 0.3 is 0 Å². The lowest BCUT2D eigenvalue weighted by atomic mass is 10.2. The van der Waals surface area contributed by atoms with Gasteiger partial charge in [0.15, 0.2) is 0 Å². The summed E-state index contributed by atoms with van der Waals surface area (Å²) in [5.74, 6) is 1.71. The van der Waals surface area contributed by atoms with Crippen molar-refractivity contribution in [2.45, 2.75) is 25.8 Å². The zero-order valence-corrected chi connectivity index (χ0v) is 10.3. The quantitative estimate of drug-likeness (QED) is 0.824. The van der Waals surface area contributed by atoms with Crippen molar-refractivity contribution >= 4 is 11.6 Å². The van der Waals surface area contributed by atoms with E-state index in [0.29, 0.717) is 6.04 Å². The van der Waals surface area contributed by atoms with Crippen LogP contribution in [0.15, 0.2) is 24.3 Å². The summed E-state index contributed by atoms with van der Waals surface area (Å²) in [6.07, 6.45) is 2.67. The minimum absolute atomic E-state index is 0.501. The molecule has 2 rings (SSSR count). The highest BCUT2D eigenvalue weighted by Crippen LogP contribution is 2.32. The van der Waals surface area contributed by atoms with Gasteiger partial charge in [-0.1, -0.05) is 18.5 Å². The minimum atomic E-state index is 0.501. The zero-order valence-electron chi connectivity index (χ0n) is 9.58. The predicted octanol–water partition coefficient (Wildman–Crippen LogP) is 3.11. The van der Waals surface area contributed by atoms with Crippen molar-refractivity contribution in [3.63, 3.8) is 0 Å². The van der Waals surface area contributed by atoms with Crippen LogP contribution in [-0.2, 0) is 0 Å². The standard InChI is InChI=1S/C13H18ClNO/c1-2-15-13(10-3-4-10)9-16-12-7-5-11(14)6-8-12/h5-8,10,13,15H,2-4,9H2,1H3. The number of likely N-dealkylation sites (N-methyl/N-ethyl adjacent to an activating group) is 1. The van der Waals surface area contributed by atoms with Crippen LogP contribution in [0, 0.1) is 5.92 Å². The van der Waals surface area contributed by atoms with Crippen LogP contribution in [0.1, 0.15) is 19.8 Å². The second kappa shape index (κ2) is 5.55. The maximum Gasteiger partial charge on any atom is 0.119 e. The molecule has 0 radical (unpaired) electrons. The van der Waals surface area contributed by atoms with E-state index in [-0.39, 0.29) is 0 Å². The monoisotopic (exact) mass is 239 g/mol. The van der Waals surface area contributed by atoms with Crippen LogP contribution in [0.4, 0.5) is 0 Å². The van der Waals surface area contributed by atoms with Crippen molar-refractivity contribution in [1.29, 1.82) is 0 Å². The Kier molecular flexibility index (Phi) is 4.08. The Hall–Kier alpha value is -0.730. The summed E-state index contributed by atoms with van der Waals surface area (Å²) >= 11 is 5.82. The maximum absolute atomic E-state index is 5.82. The highest BCUT2D eigenvalue weighted by molar-refractivity contribution is 6.30. The molecule has 1 atom stereocenters. The molecule has 1 N–H and O–H groups in total. The molecule has 1 aromatic rings. The molecule has 0 aliphatic heterocycles. The summed E-state index contributed by atoms with van der Waals surface area (Å²) < 4.78 is 5.76. The number of hydrogen-bond donors (Lipinski definition) is 1. The summed E-state index contributed by atoms with van der Waals surface area (Å²) in [6.45, 7) is 3.89. The first-order chi connectivity index (χ1) is 7.79.